The summed E-state index contributed by atoms with van der Waals surface area (Å²) in [6.45, 7) is 6.17. The lowest BCUT2D eigenvalue weighted by atomic mass is 10.1. The first kappa shape index (κ1) is 16.3. The Morgan fingerprint density at radius 1 is 1.29 bits per heavy atom. The van der Waals surface area contributed by atoms with Crippen molar-refractivity contribution in [3.8, 4) is 6.07 Å². The fourth-order valence-electron chi connectivity index (χ4n) is 3.38. The van der Waals surface area contributed by atoms with Crippen molar-refractivity contribution in [2.75, 3.05) is 46.3 Å². The van der Waals surface area contributed by atoms with Gasteiger partial charge < -0.3 is 9.80 Å². The van der Waals surface area contributed by atoms with Crippen LogP contribution in [0.4, 0.5) is 0 Å². The first-order chi connectivity index (χ1) is 10.2. The van der Waals surface area contributed by atoms with Gasteiger partial charge in [-0.1, -0.05) is 6.42 Å². The Balaban J connectivity index is 1.65. The minimum absolute atomic E-state index is 0.159. The average molecular weight is 292 g/mol. The molecule has 118 valence electrons. The molecule has 0 aromatic heterocycles. The third-order valence-corrected chi connectivity index (χ3v) is 4.78. The maximum absolute atomic E-state index is 12.0. The van der Waals surface area contributed by atoms with Crippen molar-refractivity contribution in [2.45, 2.75) is 44.6 Å². The highest BCUT2D eigenvalue weighted by Gasteiger charge is 2.28. The molecule has 2 rings (SSSR count). The molecule has 1 amide bonds. The van der Waals surface area contributed by atoms with Crippen molar-refractivity contribution in [3.05, 3.63) is 0 Å². The molecule has 2 saturated heterocycles. The van der Waals surface area contributed by atoms with Gasteiger partial charge in [0, 0.05) is 39.1 Å². The summed E-state index contributed by atoms with van der Waals surface area (Å²) < 4.78 is 0. The van der Waals surface area contributed by atoms with Crippen LogP contribution in [-0.4, -0.2) is 73.0 Å². The fraction of sp³-hybridized carbons (Fsp3) is 0.875. The monoisotopic (exact) mass is 292 g/mol. The molecule has 0 aliphatic carbocycles. The van der Waals surface area contributed by atoms with E-state index in [1.54, 1.807) is 11.9 Å². The number of nitriles is 1. The molecule has 2 heterocycles. The summed E-state index contributed by atoms with van der Waals surface area (Å²) in [5, 5.41) is 8.55. The summed E-state index contributed by atoms with van der Waals surface area (Å²) in [5.74, 6) is 0.159. The molecule has 1 unspecified atom stereocenters. The van der Waals surface area contributed by atoms with Gasteiger partial charge in [-0.3, -0.25) is 9.69 Å². The van der Waals surface area contributed by atoms with Gasteiger partial charge >= 0.3 is 0 Å². The molecule has 0 N–H and O–H groups in total. The van der Waals surface area contributed by atoms with E-state index in [1.807, 2.05) is 0 Å². The number of hydrogen-bond acceptors (Lipinski definition) is 4. The standard InChI is InChI=1S/C16H28N4O/c1-18(9-5-8-17)16(21)7-13-19-12-6-15(14-19)20-10-3-2-4-11-20/h15H,2-7,9-14H2,1H3. The molecular formula is C16H28N4O. The van der Waals surface area contributed by atoms with Crippen LogP contribution in [0.1, 0.15) is 38.5 Å². The third kappa shape index (κ3) is 4.98. The number of carbonyl (C=O) groups is 1. The number of piperidine rings is 1. The molecule has 1 atom stereocenters. The summed E-state index contributed by atoms with van der Waals surface area (Å²) in [7, 11) is 1.79. The molecule has 0 aromatic rings. The quantitative estimate of drug-likeness (QED) is 0.740. The second-order valence-corrected chi connectivity index (χ2v) is 6.31. The third-order valence-electron chi connectivity index (χ3n) is 4.78. The lowest BCUT2D eigenvalue weighted by molar-refractivity contribution is -0.130. The SMILES string of the molecule is CN(CCC#N)C(=O)CCN1CCC(N2CCCCC2)C1. The molecule has 2 aliphatic heterocycles. The fourth-order valence-corrected chi connectivity index (χ4v) is 3.38. The summed E-state index contributed by atoms with van der Waals surface area (Å²) in [4.78, 5) is 18.7. The van der Waals surface area contributed by atoms with E-state index < -0.39 is 0 Å². The van der Waals surface area contributed by atoms with Gasteiger partial charge in [0.2, 0.25) is 5.91 Å². The van der Waals surface area contributed by atoms with E-state index in [9.17, 15) is 4.79 Å². The first-order valence-electron chi connectivity index (χ1n) is 8.28. The van der Waals surface area contributed by atoms with Crippen LogP contribution in [0.15, 0.2) is 0 Å². The number of likely N-dealkylation sites (tertiary alicyclic amines) is 2. The zero-order valence-electron chi connectivity index (χ0n) is 13.3. The number of amides is 1. The molecule has 0 aromatic carbocycles. The minimum atomic E-state index is 0.159. The Labute approximate surface area is 128 Å². The van der Waals surface area contributed by atoms with Crippen molar-refractivity contribution >= 4 is 5.91 Å². The van der Waals surface area contributed by atoms with Crippen molar-refractivity contribution in [1.82, 2.24) is 14.7 Å². The molecule has 2 aliphatic rings. The van der Waals surface area contributed by atoms with Crippen LogP contribution in [0.5, 0.6) is 0 Å². The second-order valence-electron chi connectivity index (χ2n) is 6.31. The van der Waals surface area contributed by atoms with E-state index in [0.29, 0.717) is 25.4 Å². The van der Waals surface area contributed by atoms with Gasteiger partial charge in [0.25, 0.3) is 0 Å². The summed E-state index contributed by atoms with van der Waals surface area (Å²) >= 11 is 0. The van der Waals surface area contributed by atoms with E-state index in [0.717, 1.165) is 19.6 Å². The molecule has 2 fully saturated rings. The maximum Gasteiger partial charge on any atom is 0.223 e. The van der Waals surface area contributed by atoms with Crippen LogP contribution in [-0.2, 0) is 4.79 Å². The predicted octanol–water partition coefficient (Wildman–Crippen LogP) is 1.31. The Kier molecular flexibility index (Phi) is 6.47. The Hall–Kier alpha value is -1.12. The van der Waals surface area contributed by atoms with E-state index in [-0.39, 0.29) is 5.91 Å². The number of carbonyl (C=O) groups excluding carboxylic acids is 1. The smallest absolute Gasteiger partial charge is 0.223 e. The van der Waals surface area contributed by atoms with Gasteiger partial charge in [0.15, 0.2) is 0 Å². The van der Waals surface area contributed by atoms with E-state index >= 15 is 0 Å². The Bertz CT molecular complexity index is 373. The predicted molar refractivity (Wildman–Crippen MR) is 82.8 cm³/mol. The topological polar surface area (TPSA) is 50.6 Å². The van der Waals surface area contributed by atoms with Crippen LogP contribution in [0.25, 0.3) is 0 Å². The molecule has 0 saturated carbocycles. The highest BCUT2D eigenvalue weighted by molar-refractivity contribution is 5.76. The lowest BCUT2D eigenvalue weighted by Crippen LogP contribution is -2.41. The largest absolute Gasteiger partial charge is 0.345 e. The van der Waals surface area contributed by atoms with Gasteiger partial charge in [0.05, 0.1) is 12.5 Å². The number of nitrogens with zero attached hydrogens (tertiary/aromatic N) is 4. The molecule has 5 heteroatoms. The summed E-state index contributed by atoms with van der Waals surface area (Å²) in [6, 6.07) is 2.79. The van der Waals surface area contributed by atoms with Gasteiger partial charge in [-0.25, -0.2) is 0 Å². The summed E-state index contributed by atoms with van der Waals surface area (Å²) in [6.07, 6.45) is 6.32. The van der Waals surface area contributed by atoms with Crippen LogP contribution < -0.4 is 0 Å². The van der Waals surface area contributed by atoms with Crippen molar-refractivity contribution in [2.24, 2.45) is 0 Å². The molecular weight excluding hydrogens is 264 g/mol. The minimum Gasteiger partial charge on any atom is -0.345 e. The average Bonchev–Trinajstić information content (AvgIpc) is 3.00. The van der Waals surface area contributed by atoms with Crippen LogP contribution in [0, 0.1) is 11.3 Å². The van der Waals surface area contributed by atoms with Gasteiger partial charge in [0.1, 0.15) is 0 Å². The zero-order chi connectivity index (χ0) is 15.1. The Morgan fingerprint density at radius 3 is 2.76 bits per heavy atom. The molecule has 21 heavy (non-hydrogen) atoms. The van der Waals surface area contributed by atoms with Crippen LogP contribution >= 0.6 is 0 Å². The molecule has 5 nitrogen and oxygen atoms in total. The van der Waals surface area contributed by atoms with Crippen LogP contribution in [0.2, 0.25) is 0 Å². The van der Waals surface area contributed by atoms with Crippen LogP contribution in [0.3, 0.4) is 0 Å². The molecule has 0 spiro atoms. The maximum atomic E-state index is 12.0. The summed E-state index contributed by atoms with van der Waals surface area (Å²) in [5.41, 5.74) is 0. The number of rotatable bonds is 6. The zero-order valence-corrected chi connectivity index (χ0v) is 13.3. The lowest BCUT2D eigenvalue weighted by Gasteiger charge is -2.32. The highest BCUT2D eigenvalue weighted by atomic mass is 16.2. The van der Waals surface area contributed by atoms with Gasteiger partial charge in [-0.2, -0.15) is 5.26 Å². The second kappa shape index (κ2) is 8.35. The highest BCUT2D eigenvalue weighted by Crippen LogP contribution is 2.20. The normalized spacial score (nSPS) is 23.9. The Morgan fingerprint density at radius 2 is 2.05 bits per heavy atom. The van der Waals surface area contributed by atoms with Gasteiger partial charge in [-0.15, -0.1) is 0 Å². The number of hydrogen-bond donors (Lipinski definition) is 0. The molecule has 0 bridgehead atoms. The van der Waals surface area contributed by atoms with Gasteiger partial charge in [-0.05, 0) is 38.9 Å². The van der Waals surface area contributed by atoms with Crippen molar-refractivity contribution in [3.63, 3.8) is 0 Å². The van der Waals surface area contributed by atoms with E-state index in [1.165, 1.54) is 38.8 Å². The molecule has 0 radical (unpaired) electrons. The van der Waals surface area contributed by atoms with E-state index in [4.69, 9.17) is 5.26 Å². The van der Waals surface area contributed by atoms with Crippen molar-refractivity contribution in [1.29, 1.82) is 5.26 Å². The van der Waals surface area contributed by atoms with E-state index in [2.05, 4.69) is 15.9 Å². The van der Waals surface area contributed by atoms with Crippen molar-refractivity contribution < 1.29 is 4.79 Å². The first-order valence-corrected chi connectivity index (χ1v) is 8.28.